The molecule has 1 saturated heterocycles. The molecule has 1 aromatic carbocycles. The van der Waals surface area contributed by atoms with Gasteiger partial charge in [-0.3, -0.25) is 4.90 Å². The van der Waals surface area contributed by atoms with Gasteiger partial charge in [0, 0.05) is 36.0 Å². The van der Waals surface area contributed by atoms with Gasteiger partial charge in [-0.1, -0.05) is 17.7 Å². The molecule has 5 heteroatoms. The van der Waals surface area contributed by atoms with Crippen LogP contribution in [0.4, 0.5) is 0 Å². The second kappa shape index (κ2) is 6.60. The van der Waals surface area contributed by atoms with Crippen LogP contribution >= 0.6 is 11.6 Å². The van der Waals surface area contributed by atoms with E-state index in [2.05, 4.69) is 16.2 Å². The number of aliphatic hydroxyl groups is 1. The van der Waals surface area contributed by atoms with Gasteiger partial charge in [0.2, 0.25) is 0 Å². The Kier molecular flexibility index (Phi) is 4.58. The monoisotopic (exact) mass is 305 g/mol. The normalized spacial score (nSPS) is 19.2. The van der Waals surface area contributed by atoms with Crippen molar-refractivity contribution in [2.75, 3.05) is 13.2 Å². The zero-order chi connectivity index (χ0) is 14.7. The fourth-order valence-electron chi connectivity index (χ4n) is 3.02. The molecule has 4 nitrogen and oxygen atoms in total. The Labute approximate surface area is 130 Å². The summed E-state index contributed by atoms with van der Waals surface area (Å²) < 4.78 is 1.86. The number of likely N-dealkylation sites (tertiary alicyclic amines) is 1. The third-order valence-electron chi connectivity index (χ3n) is 4.06. The second-order valence-electron chi connectivity index (χ2n) is 5.55. The van der Waals surface area contributed by atoms with E-state index >= 15 is 0 Å². The van der Waals surface area contributed by atoms with Crippen molar-refractivity contribution >= 4 is 11.6 Å². The average Bonchev–Trinajstić information content (AvgIpc) is 3.10. The van der Waals surface area contributed by atoms with Crippen molar-refractivity contribution < 1.29 is 5.11 Å². The van der Waals surface area contributed by atoms with E-state index in [1.807, 2.05) is 35.1 Å². The standard InChI is InChI=1S/C16H20ClN3O/c17-14-3-1-4-16(9-14)20-12-13(10-18-20)11-19-7-2-5-15(19)6-8-21/h1,3-4,9-10,12,15,21H,2,5-8,11H2/t15-/m0/s1. The molecular weight excluding hydrogens is 286 g/mol. The van der Waals surface area contributed by atoms with Crippen LogP contribution in [0.1, 0.15) is 24.8 Å². The summed E-state index contributed by atoms with van der Waals surface area (Å²) in [5.74, 6) is 0. The summed E-state index contributed by atoms with van der Waals surface area (Å²) in [6.45, 7) is 2.27. The summed E-state index contributed by atoms with van der Waals surface area (Å²) in [4.78, 5) is 2.44. The third-order valence-corrected chi connectivity index (χ3v) is 4.29. The van der Waals surface area contributed by atoms with Gasteiger partial charge in [0.25, 0.3) is 0 Å². The number of halogens is 1. The molecular formula is C16H20ClN3O. The van der Waals surface area contributed by atoms with Crippen LogP contribution < -0.4 is 0 Å². The minimum atomic E-state index is 0.267. The Hall–Kier alpha value is -1.36. The summed E-state index contributed by atoms with van der Waals surface area (Å²) in [6.07, 6.45) is 7.23. The van der Waals surface area contributed by atoms with Gasteiger partial charge in [0.1, 0.15) is 0 Å². The molecule has 1 atom stereocenters. The van der Waals surface area contributed by atoms with Gasteiger partial charge in [-0.15, -0.1) is 0 Å². The molecule has 1 fully saturated rings. The molecule has 2 heterocycles. The Balaban J connectivity index is 1.70. The maximum atomic E-state index is 9.13. The predicted molar refractivity (Wildman–Crippen MR) is 83.7 cm³/mol. The van der Waals surface area contributed by atoms with Crippen LogP contribution in [0.25, 0.3) is 5.69 Å². The van der Waals surface area contributed by atoms with Crippen molar-refractivity contribution in [1.82, 2.24) is 14.7 Å². The molecule has 3 rings (SSSR count). The third kappa shape index (κ3) is 3.46. The molecule has 0 unspecified atom stereocenters. The molecule has 2 aromatic rings. The fraction of sp³-hybridized carbons (Fsp3) is 0.438. The maximum Gasteiger partial charge on any atom is 0.0660 e. The molecule has 1 aliphatic heterocycles. The largest absolute Gasteiger partial charge is 0.396 e. The van der Waals surface area contributed by atoms with E-state index in [9.17, 15) is 0 Å². The summed E-state index contributed by atoms with van der Waals surface area (Å²) >= 11 is 6.02. The molecule has 0 aliphatic carbocycles. The van der Waals surface area contributed by atoms with E-state index in [1.165, 1.54) is 18.4 Å². The van der Waals surface area contributed by atoms with E-state index in [0.717, 1.165) is 25.2 Å². The first-order valence-corrected chi connectivity index (χ1v) is 7.78. The quantitative estimate of drug-likeness (QED) is 0.923. The van der Waals surface area contributed by atoms with E-state index in [1.54, 1.807) is 0 Å². The Morgan fingerprint density at radius 2 is 2.29 bits per heavy atom. The first-order valence-electron chi connectivity index (χ1n) is 7.40. The number of aliphatic hydroxyl groups excluding tert-OH is 1. The van der Waals surface area contributed by atoms with Crippen LogP contribution in [0.2, 0.25) is 5.02 Å². The Morgan fingerprint density at radius 1 is 1.38 bits per heavy atom. The second-order valence-corrected chi connectivity index (χ2v) is 5.99. The molecule has 1 aliphatic rings. The minimum absolute atomic E-state index is 0.267. The van der Waals surface area contributed by atoms with Gasteiger partial charge < -0.3 is 5.11 Å². The summed E-state index contributed by atoms with van der Waals surface area (Å²) in [5, 5.41) is 14.3. The van der Waals surface area contributed by atoms with Crippen LogP contribution in [0.5, 0.6) is 0 Å². The number of hydrogen-bond acceptors (Lipinski definition) is 3. The number of rotatable bonds is 5. The van der Waals surface area contributed by atoms with Crippen LogP contribution in [-0.2, 0) is 6.54 Å². The van der Waals surface area contributed by atoms with Crippen molar-refractivity contribution in [3.8, 4) is 5.69 Å². The highest BCUT2D eigenvalue weighted by molar-refractivity contribution is 6.30. The molecule has 21 heavy (non-hydrogen) atoms. The van der Waals surface area contributed by atoms with Crippen LogP contribution in [0, 0.1) is 0 Å². The van der Waals surface area contributed by atoms with Gasteiger partial charge in [-0.05, 0) is 44.0 Å². The van der Waals surface area contributed by atoms with Gasteiger partial charge in [0.15, 0.2) is 0 Å². The summed E-state index contributed by atoms with van der Waals surface area (Å²) in [5.41, 5.74) is 2.17. The highest BCUT2D eigenvalue weighted by Crippen LogP contribution is 2.22. The van der Waals surface area contributed by atoms with E-state index in [0.29, 0.717) is 11.1 Å². The predicted octanol–water partition coefficient (Wildman–Crippen LogP) is 2.87. The molecule has 1 N–H and O–H groups in total. The average molecular weight is 306 g/mol. The maximum absolute atomic E-state index is 9.13. The van der Waals surface area contributed by atoms with Crippen molar-refractivity contribution in [1.29, 1.82) is 0 Å². The molecule has 0 bridgehead atoms. The van der Waals surface area contributed by atoms with Crippen LogP contribution in [-0.4, -0.2) is 39.0 Å². The van der Waals surface area contributed by atoms with Gasteiger partial charge in [0.05, 0.1) is 11.9 Å². The van der Waals surface area contributed by atoms with E-state index in [4.69, 9.17) is 16.7 Å². The zero-order valence-electron chi connectivity index (χ0n) is 12.0. The van der Waals surface area contributed by atoms with E-state index < -0.39 is 0 Å². The Morgan fingerprint density at radius 3 is 3.10 bits per heavy atom. The molecule has 0 radical (unpaired) electrons. The topological polar surface area (TPSA) is 41.3 Å². The lowest BCUT2D eigenvalue weighted by atomic mass is 10.1. The van der Waals surface area contributed by atoms with Gasteiger partial charge in [-0.25, -0.2) is 4.68 Å². The van der Waals surface area contributed by atoms with Crippen LogP contribution in [0.15, 0.2) is 36.7 Å². The number of benzene rings is 1. The first-order chi connectivity index (χ1) is 10.3. The minimum Gasteiger partial charge on any atom is -0.396 e. The van der Waals surface area contributed by atoms with E-state index in [-0.39, 0.29) is 6.61 Å². The van der Waals surface area contributed by atoms with Crippen LogP contribution in [0.3, 0.4) is 0 Å². The van der Waals surface area contributed by atoms with Crippen molar-refractivity contribution in [3.05, 3.63) is 47.2 Å². The van der Waals surface area contributed by atoms with Gasteiger partial charge >= 0.3 is 0 Å². The summed E-state index contributed by atoms with van der Waals surface area (Å²) in [6, 6.07) is 8.19. The lowest BCUT2D eigenvalue weighted by molar-refractivity contribution is 0.190. The van der Waals surface area contributed by atoms with Crippen molar-refractivity contribution in [3.63, 3.8) is 0 Å². The number of aromatic nitrogens is 2. The molecule has 0 amide bonds. The summed E-state index contributed by atoms with van der Waals surface area (Å²) in [7, 11) is 0. The molecule has 1 aromatic heterocycles. The first kappa shape index (κ1) is 14.6. The van der Waals surface area contributed by atoms with Gasteiger partial charge in [-0.2, -0.15) is 5.10 Å². The molecule has 0 spiro atoms. The van der Waals surface area contributed by atoms with Crippen molar-refractivity contribution in [2.45, 2.75) is 31.8 Å². The number of nitrogens with zero attached hydrogens (tertiary/aromatic N) is 3. The fourth-order valence-corrected chi connectivity index (χ4v) is 3.20. The highest BCUT2D eigenvalue weighted by Gasteiger charge is 2.24. The van der Waals surface area contributed by atoms with Crippen molar-refractivity contribution in [2.24, 2.45) is 0 Å². The molecule has 0 saturated carbocycles. The number of hydrogen-bond donors (Lipinski definition) is 1. The smallest absolute Gasteiger partial charge is 0.0660 e. The lowest BCUT2D eigenvalue weighted by Crippen LogP contribution is -2.29. The lowest BCUT2D eigenvalue weighted by Gasteiger charge is -2.22. The zero-order valence-corrected chi connectivity index (χ0v) is 12.7. The Bertz CT molecular complexity index is 599. The highest BCUT2D eigenvalue weighted by atomic mass is 35.5. The SMILES string of the molecule is OCC[C@@H]1CCCN1Cc1cnn(-c2cccc(Cl)c2)c1. The molecule has 112 valence electrons.